The van der Waals surface area contributed by atoms with E-state index in [0.29, 0.717) is 0 Å². The molecule has 1 aliphatic heterocycles. The lowest BCUT2D eigenvalue weighted by Gasteiger charge is -2.34. The van der Waals surface area contributed by atoms with Crippen LogP contribution in [0.15, 0.2) is 18.2 Å². The zero-order valence-electron chi connectivity index (χ0n) is 16.5. The second-order valence-corrected chi connectivity index (χ2v) is 7.17. The van der Waals surface area contributed by atoms with Crippen LogP contribution in [0.3, 0.4) is 0 Å². The number of carbonyl (C=O) groups excluding carboxylic acids is 2. The van der Waals surface area contributed by atoms with Crippen LogP contribution in [-0.4, -0.2) is 42.5 Å². The molecular formula is C21H32N2O3. The fourth-order valence-electron chi connectivity index (χ4n) is 3.43. The maximum absolute atomic E-state index is 12.4. The molecule has 1 N–H and O–H groups in total. The summed E-state index contributed by atoms with van der Waals surface area (Å²) in [4.78, 5) is 26.6. The summed E-state index contributed by atoms with van der Waals surface area (Å²) < 4.78 is 5.66. The number of aryl methyl sites for hydroxylation is 1. The van der Waals surface area contributed by atoms with Crippen molar-refractivity contribution < 1.29 is 14.3 Å². The molecular weight excluding hydrogens is 328 g/mol. The van der Waals surface area contributed by atoms with Crippen molar-refractivity contribution in [1.29, 1.82) is 0 Å². The normalized spacial score (nSPS) is 15.2. The highest BCUT2D eigenvalue weighted by Crippen LogP contribution is 2.20. The molecule has 0 aliphatic carbocycles. The minimum Gasteiger partial charge on any atom is -0.483 e. The van der Waals surface area contributed by atoms with E-state index in [2.05, 4.69) is 19.2 Å². The van der Waals surface area contributed by atoms with Crippen LogP contribution in [0.2, 0.25) is 0 Å². The lowest BCUT2D eigenvalue weighted by molar-refractivity contribution is -0.137. The first kappa shape index (κ1) is 20.3. The molecule has 0 saturated carbocycles. The number of rotatable bonds is 7. The van der Waals surface area contributed by atoms with Crippen molar-refractivity contribution in [3.05, 3.63) is 29.3 Å². The molecule has 1 aliphatic rings. The lowest BCUT2D eigenvalue weighted by atomic mass is 9.98. The maximum Gasteiger partial charge on any atom is 0.258 e. The smallest absolute Gasteiger partial charge is 0.258 e. The van der Waals surface area contributed by atoms with Gasteiger partial charge < -0.3 is 15.0 Å². The van der Waals surface area contributed by atoms with Gasteiger partial charge in [0.1, 0.15) is 5.75 Å². The van der Waals surface area contributed by atoms with Gasteiger partial charge in [-0.15, -0.1) is 0 Å². The molecule has 2 rings (SSSR count). The van der Waals surface area contributed by atoms with Crippen LogP contribution >= 0.6 is 0 Å². The van der Waals surface area contributed by atoms with E-state index < -0.39 is 0 Å². The quantitative estimate of drug-likeness (QED) is 0.812. The molecule has 2 amide bonds. The number of carbonyl (C=O) groups is 2. The van der Waals surface area contributed by atoms with Gasteiger partial charge in [-0.1, -0.05) is 26.0 Å². The predicted octanol–water partition coefficient (Wildman–Crippen LogP) is 3.23. The molecule has 0 aromatic heterocycles. The van der Waals surface area contributed by atoms with Gasteiger partial charge in [0.2, 0.25) is 5.91 Å². The van der Waals surface area contributed by atoms with E-state index in [9.17, 15) is 9.59 Å². The number of benzene rings is 1. The van der Waals surface area contributed by atoms with Crippen molar-refractivity contribution in [2.75, 3.05) is 19.7 Å². The molecule has 1 saturated heterocycles. The van der Waals surface area contributed by atoms with E-state index in [-0.39, 0.29) is 30.4 Å². The highest BCUT2D eigenvalue weighted by atomic mass is 16.5. The summed E-state index contributed by atoms with van der Waals surface area (Å²) in [5.41, 5.74) is 2.21. The van der Waals surface area contributed by atoms with Crippen molar-refractivity contribution in [2.24, 2.45) is 5.92 Å². The van der Waals surface area contributed by atoms with E-state index >= 15 is 0 Å². The van der Waals surface area contributed by atoms with Crippen molar-refractivity contribution in [3.8, 4) is 5.75 Å². The van der Waals surface area contributed by atoms with Gasteiger partial charge in [0, 0.05) is 25.0 Å². The topological polar surface area (TPSA) is 58.6 Å². The molecule has 1 fully saturated rings. The van der Waals surface area contributed by atoms with Gasteiger partial charge in [-0.05, 0) is 56.7 Å². The Balaban J connectivity index is 1.76. The average molecular weight is 360 g/mol. The predicted molar refractivity (Wildman–Crippen MR) is 103 cm³/mol. The Bertz CT molecular complexity index is 618. The Labute approximate surface area is 157 Å². The number of likely N-dealkylation sites (tertiary alicyclic amines) is 1. The lowest BCUT2D eigenvalue weighted by Crippen LogP contribution is -2.48. The largest absolute Gasteiger partial charge is 0.483 e. The standard InChI is InChI=1S/C21H32N2O3/c1-5-17(6-2)21(25)23-12-10-18(11-13-23)22-20(24)14-26-19-9-7-8-15(3)16(19)4/h7-9,17-18H,5-6,10-14H2,1-4H3,(H,22,24). The molecule has 0 spiro atoms. The third-order valence-corrected chi connectivity index (χ3v) is 5.42. The zero-order chi connectivity index (χ0) is 19.1. The van der Waals surface area contributed by atoms with Crippen LogP contribution < -0.4 is 10.1 Å². The number of amides is 2. The molecule has 26 heavy (non-hydrogen) atoms. The molecule has 0 radical (unpaired) electrons. The van der Waals surface area contributed by atoms with E-state index in [1.54, 1.807) is 0 Å². The molecule has 0 unspecified atom stereocenters. The Morgan fingerprint density at radius 3 is 2.46 bits per heavy atom. The number of nitrogens with one attached hydrogen (secondary N) is 1. The van der Waals surface area contributed by atoms with Gasteiger partial charge in [0.25, 0.3) is 5.91 Å². The first-order valence-electron chi connectivity index (χ1n) is 9.73. The first-order chi connectivity index (χ1) is 12.5. The number of nitrogens with zero attached hydrogens (tertiary/aromatic N) is 1. The van der Waals surface area contributed by atoms with Gasteiger partial charge in [-0.25, -0.2) is 0 Å². The molecule has 0 atom stereocenters. The van der Waals surface area contributed by atoms with Crippen molar-refractivity contribution in [2.45, 2.75) is 59.4 Å². The first-order valence-corrected chi connectivity index (χ1v) is 9.73. The molecule has 1 heterocycles. The Morgan fingerprint density at radius 2 is 1.85 bits per heavy atom. The average Bonchev–Trinajstić information content (AvgIpc) is 2.64. The van der Waals surface area contributed by atoms with Gasteiger partial charge in [-0.3, -0.25) is 9.59 Å². The highest BCUT2D eigenvalue weighted by molar-refractivity contribution is 5.79. The van der Waals surface area contributed by atoms with E-state index in [0.717, 1.165) is 55.6 Å². The molecule has 5 nitrogen and oxygen atoms in total. The minimum absolute atomic E-state index is 0.0250. The van der Waals surface area contributed by atoms with Crippen LogP contribution in [0.5, 0.6) is 5.75 Å². The van der Waals surface area contributed by atoms with E-state index in [1.807, 2.05) is 36.9 Å². The molecule has 1 aromatic carbocycles. The number of ether oxygens (including phenoxy) is 1. The van der Waals surface area contributed by atoms with Crippen LogP contribution in [0, 0.1) is 19.8 Å². The van der Waals surface area contributed by atoms with Crippen LogP contribution in [0.1, 0.15) is 50.7 Å². The van der Waals surface area contributed by atoms with Crippen LogP contribution in [-0.2, 0) is 9.59 Å². The molecule has 1 aromatic rings. The SMILES string of the molecule is CCC(CC)C(=O)N1CCC(NC(=O)COc2cccc(C)c2C)CC1. The van der Waals surface area contributed by atoms with Gasteiger partial charge >= 0.3 is 0 Å². The second-order valence-electron chi connectivity index (χ2n) is 7.17. The molecule has 0 bridgehead atoms. The Morgan fingerprint density at radius 1 is 1.19 bits per heavy atom. The number of hydrogen-bond acceptors (Lipinski definition) is 3. The second kappa shape index (κ2) is 9.60. The third-order valence-electron chi connectivity index (χ3n) is 5.42. The van der Waals surface area contributed by atoms with Gasteiger partial charge in [0.05, 0.1) is 0 Å². The van der Waals surface area contributed by atoms with Gasteiger partial charge in [-0.2, -0.15) is 0 Å². The summed E-state index contributed by atoms with van der Waals surface area (Å²) in [6.45, 7) is 9.62. The van der Waals surface area contributed by atoms with E-state index in [1.165, 1.54) is 0 Å². The van der Waals surface area contributed by atoms with E-state index in [4.69, 9.17) is 4.74 Å². The fraction of sp³-hybridized carbons (Fsp3) is 0.619. The third kappa shape index (κ3) is 5.23. The summed E-state index contributed by atoms with van der Waals surface area (Å²) in [6, 6.07) is 5.97. The van der Waals surface area contributed by atoms with Crippen molar-refractivity contribution in [3.63, 3.8) is 0 Å². The monoisotopic (exact) mass is 360 g/mol. The molecule has 5 heteroatoms. The summed E-state index contributed by atoms with van der Waals surface area (Å²) in [7, 11) is 0. The summed E-state index contributed by atoms with van der Waals surface area (Å²) in [6.07, 6.45) is 3.39. The zero-order valence-corrected chi connectivity index (χ0v) is 16.5. The van der Waals surface area contributed by atoms with Gasteiger partial charge in [0.15, 0.2) is 6.61 Å². The van der Waals surface area contributed by atoms with Crippen LogP contribution in [0.4, 0.5) is 0 Å². The summed E-state index contributed by atoms with van der Waals surface area (Å²) >= 11 is 0. The maximum atomic E-state index is 12.4. The summed E-state index contributed by atoms with van der Waals surface area (Å²) in [5.74, 6) is 1.05. The van der Waals surface area contributed by atoms with Crippen molar-refractivity contribution in [1.82, 2.24) is 10.2 Å². The summed E-state index contributed by atoms with van der Waals surface area (Å²) in [5, 5.41) is 3.04. The minimum atomic E-state index is -0.101. The number of hydrogen-bond donors (Lipinski definition) is 1. The fourth-order valence-corrected chi connectivity index (χ4v) is 3.43. The Kier molecular flexibility index (Phi) is 7.49. The number of piperidine rings is 1. The molecule has 144 valence electrons. The highest BCUT2D eigenvalue weighted by Gasteiger charge is 2.27. The van der Waals surface area contributed by atoms with Crippen molar-refractivity contribution >= 4 is 11.8 Å². The Hall–Kier alpha value is -2.04. The van der Waals surface area contributed by atoms with Crippen LogP contribution in [0.25, 0.3) is 0 Å².